The minimum Gasteiger partial charge on any atom is -0.311 e. The molecule has 0 atom stereocenters. The number of hydrogen-bond donors (Lipinski definition) is 0. The molecular weight excluding hydrogens is 1750 g/mol. The van der Waals surface area contributed by atoms with E-state index < -0.39 is 0 Å². The molecule has 0 spiro atoms. The van der Waals surface area contributed by atoms with E-state index in [0.717, 1.165) is 193 Å². The van der Waals surface area contributed by atoms with Gasteiger partial charge in [0.1, 0.15) is 0 Å². The van der Waals surface area contributed by atoms with Gasteiger partial charge in [0.15, 0.2) is 0 Å². The lowest BCUT2D eigenvalue weighted by Gasteiger charge is -2.30. The Labute approximate surface area is 842 Å². The van der Waals surface area contributed by atoms with Crippen molar-refractivity contribution in [2.24, 2.45) is 9.98 Å². The molecule has 0 unspecified atom stereocenters. The van der Waals surface area contributed by atoms with Gasteiger partial charge in [-0.25, -0.2) is 9.98 Å². The van der Waals surface area contributed by atoms with Gasteiger partial charge in [0.05, 0.1) is 22.8 Å². The number of para-hydroxylation sites is 12. The minimum absolute atomic E-state index is 0.827. The first kappa shape index (κ1) is 89.8. The van der Waals surface area contributed by atoms with E-state index in [1.165, 1.54) is 0 Å². The average molecular weight is 1850 g/mol. The first-order valence-corrected chi connectivity index (χ1v) is 48.7. The lowest BCUT2D eigenvalue weighted by atomic mass is 10.00. The fraction of sp³-hybridized carbons (Fsp3) is 0. The first-order valence-electron chi connectivity index (χ1n) is 48.7. The number of hydrogen-bond acceptors (Lipinski definition) is 10. The van der Waals surface area contributed by atoms with Crippen LogP contribution >= 0.6 is 0 Å². The van der Waals surface area contributed by atoms with Crippen LogP contribution in [-0.4, -0.2) is 11.4 Å². The lowest BCUT2D eigenvalue weighted by molar-refractivity contribution is 1.24. The molecule has 0 aliphatic carbocycles. The van der Waals surface area contributed by atoms with Crippen molar-refractivity contribution in [3.05, 3.63) is 629 Å². The van der Waals surface area contributed by atoms with Crippen LogP contribution in [0.25, 0.3) is 11.1 Å². The quantitative estimate of drug-likeness (QED) is 0.0399. The van der Waals surface area contributed by atoms with E-state index in [4.69, 9.17) is 9.98 Å². The zero-order chi connectivity index (χ0) is 96.4. The predicted octanol–water partition coefficient (Wildman–Crippen LogP) is 37.5. The third-order valence-electron chi connectivity index (χ3n) is 25.8. The van der Waals surface area contributed by atoms with Crippen LogP contribution in [0, 0.1) is 0 Å². The summed E-state index contributed by atoms with van der Waals surface area (Å²) in [6.45, 7) is 0. The van der Waals surface area contributed by atoms with Crippen LogP contribution in [0.4, 0.5) is 148 Å². The second-order valence-electron chi connectivity index (χ2n) is 35.0. The molecule has 10 nitrogen and oxygen atoms in total. The molecule has 0 saturated carbocycles. The second-order valence-corrected chi connectivity index (χ2v) is 35.0. The fourth-order valence-corrected chi connectivity index (χ4v) is 18.9. The summed E-state index contributed by atoms with van der Waals surface area (Å²) in [6, 6.07) is 215. The SMILES string of the molecule is c1ccc(N=C(c2ccc(N(c3ccc(N(c4ccccc4)c4ccccc4)cc3)c3ccc(N(c4ccccc4)c4ccccc4)cc3)cc2)c2ccc(N(c3ccc(N(c4ccccc4)c4ccccc4)cc3)c3ccc(N(c4ccccc4)c4cccc(-c5ccc(N=C(c6ccc(N(c7ccccc7)c7ccccc7)cc6)c6ccc(N(c7ccccc7)c7ccccc7)cc6)cc5)c4)cc3)cc2)cc1. The normalized spacial score (nSPS) is 11.1. The smallest absolute Gasteiger partial charge is 0.0781 e. The molecule has 22 aromatic carbocycles. The van der Waals surface area contributed by atoms with E-state index in [1.54, 1.807) is 0 Å². The predicted molar refractivity (Wildman–Crippen MR) is 606 cm³/mol. The standard InChI is InChI=1S/C134H100N10/c1-13-39-107(40-14-1)135-133(102-70-80-122(81-71-102)142(127-90-84-124(85-91-127)139(113-49-23-6-24-50-113)114-51-25-7-26-52-114)128-92-86-125(87-93-128)140(115-53-27-8-28-54-115)116-55-29-9-30-56-116)103-72-82-123(83-73-103)143(129-94-88-126(89-95-129)141(117-57-31-10-32-58-117)118-59-33-11-34-60-118)130-96-98-131(99-97-130)144(119-61-35-12-36-62-119)132-63-37-38-106(100-132)101-64-74-108(75-65-101)136-134(104-66-76-120(77-67-104)137(109-41-15-2-16-42-109)110-43-17-3-18-44-110)105-68-78-121(79-69-105)138(111-45-19-4-20-46-111)112-47-21-5-22-48-112/h1-100H. The number of nitrogens with zero attached hydrogens (tertiary/aromatic N) is 10. The topological polar surface area (TPSA) is 50.6 Å². The van der Waals surface area contributed by atoms with Crippen LogP contribution in [0.2, 0.25) is 0 Å². The molecule has 0 N–H and O–H groups in total. The van der Waals surface area contributed by atoms with Crippen LogP contribution in [0.15, 0.2) is 617 Å². The van der Waals surface area contributed by atoms with Gasteiger partial charge in [0.2, 0.25) is 0 Å². The fourth-order valence-electron chi connectivity index (χ4n) is 18.9. The molecule has 0 aromatic heterocycles. The Hall–Kier alpha value is -19.4. The van der Waals surface area contributed by atoms with Crippen molar-refractivity contribution in [2.45, 2.75) is 0 Å². The van der Waals surface area contributed by atoms with Crippen LogP contribution < -0.4 is 39.2 Å². The Kier molecular flexibility index (Phi) is 26.6. The lowest BCUT2D eigenvalue weighted by Crippen LogP contribution is -2.14. The number of aliphatic imine (C=N–C) groups is 2. The maximum Gasteiger partial charge on any atom is 0.0781 e. The van der Waals surface area contributed by atoms with E-state index in [0.29, 0.717) is 0 Å². The zero-order valence-electron chi connectivity index (χ0n) is 79.2. The summed E-state index contributed by atoms with van der Waals surface area (Å²) >= 11 is 0. The molecule has 22 aromatic rings. The zero-order valence-corrected chi connectivity index (χ0v) is 79.2. The number of benzene rings is 22. The van der Waals surface area contributed by atoms with Crippen molar-refractivity contribution < 1.29 is 0 Å². The van der Waals surface area contributed by atoms with Gasteiger partial charge in [-0.1, -0.05) is 291 Å². The maximum absolute atomic E-state index is 5.59. The molecule has 10 heteroatoms. The van der Waals surface area contributed by atoms with Crippen LogP contribution in [0.5, 0.6) is 0 Å². The van der Waals surface area contributed by atoms with Gasteiger partial charge in [-0.15, -0.1) is 0 Å². The van der Waals surface area contributed by atoms with Crippen molar-refractivity contribution in [1.82, 2.24) is 0 Å². The monoisotopic (exact) mass is 1850 g/mol. The molecule has 22 rings (SSSR count). The number of anilines is 24. The Morgan fingerprint density at radius 2 is 0.243 bits per heavy atom. The van der Waals surface area contributed by atoms with Gasteiger partial charge >= 0.3 is 0 Å². The molecule has 0 fully saturated rings. The molecule has 0 radical (unpaired) electrons. The van der Waals surface area contributed by atoms with Gasteiger partial charge in [-0.05, 0) is 327 Å². The molecule has 0 saturated heterocycles. The van der Waals surface area contributed by atoms with Crippen LogP contribution in [0.1, 0.15) is 22.3 Å². The summed E-state index contributed by atoms with van der Waals surface area (Å²) in [4.78, 5) is 29.6. The highest BCUT2D eigenvalue weighted by atomic mass is 15.2. The van der Waals surface area contributed by atoms with Gasteiger partial charge < -0.3 is 39.2 Å². The summed E-state index contributed by atoms with van der Waals surface area (Å²) in [7, 11) is 0. The third-order valence-corrected chi connectivity index (χ3v) is 25.8. The van der Waals surface area contributed by atoms with Gasteiger partial charge in [0, 0.05) is 159 Å². The van der Waals surface area contributed by atoms with Gasteiger partial charge in [0.25, 0.3) is 0 Å². The van der Waals surface area contributed by atoms with Crippen molar-refractivity contribution >= 4 is 159 Å². The van der Waals surface area contributed by atoms with Gasteiger partial charge in [-0.3, -0.25) is 0 Å². The van der Waals surface area contributed by atoms with E-state index in [9.17, 15) is 0 Å². The molecule has 0 amide bonds. The maximum atomic E-state index is 5.59. The van der Waals surface area contributed by atoms with Crippen LogP contribution in [-0.2, 0) is 0 Å². The van der Waals surface area contributed by atoms with Gasteiger partial charge in [-0.2, -0.15) is 0 Å². The van der Waals surface area contributed by atoms with E-state index >= 15 is 0 Å². The van der Waals surface area contributed by atoms with E-state index in [1.807, 2.05) is 18.2 Å². The van der Waals surface area contributed by atoms with E-state index in [2.05, 4.69) is 628 Å². The summed E-state index contributed by atoms with van der Waals surface area (Å²) in [5.74, 6) is 0. The molecule has 0 aliphatic rings. The Bertz CT molecular complexity index is 7530. The first-order chi connectivity index (χ1) is 71.4. The van der Waals surface area contributed by atoms with Crippen LogP contribution in [0.3, 0.4) is 0 Å². The molecule has 144 heavy (non-hydrogen) atoms. The second kappa shape index (κ2) is 42.7. The van der Waals surface area contributed by atoms with Crippen molar-refractivity contribution in [3.63, 3.8) is 0 Å². The minimum atomic E-state index is 0.827. The Balaban J connectivity index is 0.598. The highest BCUT2D eigenvalue weighted by Crippen LogP contribution is 2.48. The molecule has 0 bridgehead atoms. The average Bonchev–Trinajstić information content (AvgIpc) is 0.776. The summed E-state index contributed by atoms with van der Waals surface area (Å²) in [5.41, 5.74) is 34.1. The highest BCUT2D eigenvalue weighted by Gasteiger charge is 2.25. The van der Waals surface area contributed by atoms with Crippen molar-refractivity contribution in [2.75, 3.05) is 39.2 Å². The molecule has 686 valence electrons. The molecule has 0 heterocycles. The summed E-state index contributed by atoms with van der Waals surface area (Å²) in [6.07, 6.45) is 0. The highest BCUT2D eigenvalue weighted by molar-refractivity contribution is 6.15. The summed E-state index contributed by atoms with van der Waals surface area (Å²) in [5, 5.41) is 0. The summed E-state index contributed by atoms with van der Waals surface area (Å²) < 4.78 is 0. The largest absolute Gasteiger partial charge is 0.311 e. The van der Waals surface area contributed by atoms with Crippen molar-refractivity contribution in [1.29, 1.82) is 0 Å². The molecular formula is C134H100N10. The third kappa shape index (κ3) is 20.1. The number of rotatable bonds is 31. The Morgan fingerprint density at radius 1 is 0.104 bits per heavy atom. The van der Waals surface area contributed by atoms with Crippen molar-refractivity contribution in [3.8, 4) is 11.1 Å². The molecule has 0 aliphatic heterocycles. The Morgan fingerprint density at radius 3 is 0.424 bits per heavy atom. The van der Waals surface area contributed by atoms with E-state index in [-0.39, 0.29) is 0 Å².